The van der Waals surface area contributed by atoms with Crippen molar-refractivity contribution in [2.75, 3.05) is 26.7 Å². The van der Waals surface area contributed by atoms with Gasteiger partial charge in [0.1, 0.15) is 0 Å². The molecule has 23 heavy (non-hydrogen) atoms. The van der Waals surface area contributed by atoms with Crippen LogP contribution in [0.1, 0.15) is 29.9 Å². The number of thiophene rings is 1. The van der Waals surface area contributed by atoms with Gasteiger partial charge in [-0.1, -0.05) is 13.8 Å². The molecule has 0 spiro atoms. The highest BCUT2D eigenvalue weighted by atomic mass is 79.9. The Labute approximate surface area is 155 Å². The summed E-state index contributed by atoms with van der Waals surface area (Å²) in [5.74, 6) is -0.150. The highest BCUT2D eigenvalue weighted by Crippen LogP contribution is 2.28. The van der Waals surface area contributed by atoms with Crippen molar-refractivity contribution in [3.05, 3.63) is 20.8 Å². The van der Waals surface area contributed by atoms with E-state index in [0.717, 1.165) is 10.2 Å². The minimum Gasteiger partial charge on any atom is -0.341 e. The summed E-state index contributed by atoms with van der Waals surface area (Å²) < 4.78 is 0.905. The first-order valence-corrected chi connectivity index (χ1v) is 8.86. The van der Waals surface area contributed by atoms with E-state index < -0.39 is 0 Å². The minimum absolute atomic E-state index is 0. The van der Waals surface area contributed by atoms with Crippen LogP contribution in [0.3, 0.4) is 0 Å². The Morgan fingerprint density at radius 1 is 1.48 bits per heavy atom. The van der Waals surface area contributed by atoms with Crippen molar-refractivity contribution in [2.45, 2.75) is 26.3 Å². The predicted molar refractivity (Wildman–Crippen MR) is 99.2 cm³/mol. The zero-order valence-electron chi connectivity index (χ0n) is 13.5. The molecule has 1 fully saturated rings. The Kier molecular flexibility index (Phi) is 7.07. The van der Waals surface area contributed by atoms with Crippen molar-refractivity contribution in [1.82, 2.24) is 9.80 Å². The molecule has 8 heteroatoms. The van der Waals surface area contributed by atoms with Crippen LogP contribution in [0.5, 0.6) is 0 Å². The second-order valence-electron chi connectivity index (χ2n) is 6.46. The van der Waals surface area contributed by atoms with Crippen LogP contribution in [0.4, 0.5) is 0 Å². The maximum atomic E-state index is 12.4. The van der Waals surface area contributed by atoms with Gasteiger partial charge in [0.25, 0.3) is 5.91 Å². The molecule has 1 aromatic rings. The molecule has 1 aliphatic heterocycles. The van der Waals surface area contributed by atoms with Crippen LogP contribution in [0.15, 0.2) is 15.9 Å². The normalized spacial score (nSPS) is 19.9. The quantitative estimate of drug-likeness (QED) is 0.811. The van der Waals surface area contributed by atoms with Gasteiger partial charge in [0.2, 0.25) is 5.91 Å². The molecular weight excluding hydrogens is 402 g/mol. The van der Waals surface area contributed by atoms with Gasteiger partial charge in [-0.3, -0.25) is 9.59 Å². The van der Waals surface area contributed by atoms with Gasteiger partial charge in [0.15, 0.2) is 0 Å². The molecule has 0 aromatic carbocycles. The van der Waals surface area contributed by atoms with Crippen LogP contribution in [0.25, 0.3) is 0 Å². The lowest BCUT2D eigenvalue weighted by Gasteiger charge is -2.43. The number of carbonyl (C=O) groups is 2. The Hall–Kier alpha value is -0.630. The van der Waals surface area contributed by atoms with E-state index in [1.807, 2.05) is 11.0 Å². The summed E-state index contributed by atoms with van der Waals surface area (Å²) in [5.41, 5.74) is 6.01. The summed E-state index contributed by atoms with van der Waals surface area (Å²) in [5, 5.41) is 0. The van der Waals surface area contributed by atoms with E-state index in [9.17, 15) is 9.59 Å². The number of halogens is 2. The molecule has 1 saturated heterocycles. The minimum atomic E-state index is -0.128. The largest absolute Gasteiger partial charge is 0.341 e. The van der Waals surface area contributed by atoms with Crippen molar-refractivity contribution in [1.29, 1.82) is 0 Å². The third-order valence-electron chi connectivity index (χ3n) is 4.17. The molecule has 1 aromatic heterocycles. The first kappa shape index (κ1) is 20.4. The van der Waals surface area contributed by atoms with Gasteiger partial charge in [-0.15, -0.1) is 23.7 Å². The lowest BCUT2D eigenvalue weighted by atomic mass is 9.79. The molecule has 0 bridgehead atoms. The zero-order valence-corrected chi connectivity index (χ0v) is 16.8. The van der Waals surface area contributed by atoms with Crippen molar-refractivity contribution in [3.8, 4) is 0 Å². The first-order chi connectivity index (χ1) is 10.2. The van der Waals surface area contributed by atoms with E-state index in [0.29, 0.717) is 18.0 Å². The number of hydrogen-bond donors (Lipinski definition) is 1. The molecule has 2 amide bonds. The van der Waals surface area contributed by atoms with E-state index in [1.165, 1.54) is 16.2 Å². The first-order valence-electron chi connectivity index (χ1n) is 7.25. The second-order valence-corrected chi connectivity index (χ2v) is 8.93. The molecule has 5 nitrogen and oxygen atoms in total. The fourth-order valence-electron chi connectivity index (χ4n) is 2.58. The van der Waals surface area contributed by atoms with Crippen LogP contribution in [0, 0.1) is 5.41 Å². The van der Waals surface area contributed by atoms with Gasteiger partial charge in [-0.25, -0.2) is 0 Å². The van der Waals surface area contributed by atoms with Crippen LogP contribution >= 0.6 is 39.7 Å². The Balaban J connectivity index is 0.00000264. The van der Waals surface area contributed by atoms with E-state index in [1.54, 1.807) is 13.1 Å². The average molecular weight is 425 g/mol. The highest BCUT2D eigenvalue weighted by Gasteiger charge is 2.35. The monoisotopic (exact) mass is 423 g/mol. The third kappa shape index (κ3) is 4.92. The summed E-state index contributed by atoms with van der Waals surface area (Å²) in [7, 11) is 1.66. The van der Waals surface area contributed by atoms with Gasteiger partial charge in [-0.2, -0.15) is 0 Å². The van der Waals surface area contributed by atoms with Gasteiger partial charge in [0.05, 0.1) is 15.2 Å². The number of rotatable bonds is 3. The molecule has 1 unspecified atom stereocenters. The van der Waals surface area contributed by atoms with Crippen molar-refractivity contribution < 1.29 is 9.59 Å². The Morgan fingerprint density at radius 2 is 2.13 bits per heavy atom. The molecule has 0 saturated carbocycles. The molecule has 1 aliphatic rings. The van der Waals surface area contributed by atoms with E-state index >= 15 is 0 Å². The zero-order chi connectivity index (χ0) is 16.5. The summed E-state index contributed by atoms with van der Waals surface area (Å²) in [6.07, 6.45) is 0.800. The van der Waals surface area contributed by atoms with Crippen LogP contribution in [0.2, 0.25) is 0 Å². The van der Waals surface area contributed by atoms with Crippen LogP contribution < -0.4 is 5.73 Å². The standard InChI is InChI=1S/C15H22BrN3O2S.ClH/c1-15(2)9-19(7-6-11(15)17)13(20)8-18(3)14(21)10-4-5-12(16)22-10;/h4-5,11H,6-9,17H2,1-3H3;1H. The van der Waals surface area contributed by atoms with Crippen molar-refractivity contribution in [3.63, 3.8) is 0 Å². The average Bonchev–Trinajstić information content (AvgIpc) is 2.87. The summed E-state index contributed by atoms with van der Waals surface area (Å²) in [6, 6.07) is 3.71. The summed E-state index contributed by atoms with van der Waals surface area (Å²) in [6.45, 7) is 5.56. The SMILES string of the molecule is CN(CC(=O)N1CCC(N)C(C)(C)C1)C(=O)c1ccc(Br)s1.Cl. The molecule has 2 rings (SSSR count). The number of likely N-dealkylation sites (N-methyl/N-ethyl adjacent to an activating group) is 1. The summed E-state index contributed by atoms with van der Waals surface area (Å²) >= 11 is 4.71. The number of nitrogens with two attached hydrogens (primary N) is 1. The van der Waals surface area contributed by atoms with Crippen molar-refractivity contribution in [2.24, 2.45) is 11.1 Å². The number of amides is 2. The second kappa shape index (κ2) is 7.96. The molecule has 1 atom stereocenters. The number of piperidine rings is 1. The van der Waals surface area contributed by atoms with E-state index in [2.05, 4.69) is 29.8 Å². The molecule has 130 valence electrons. The van der Waals surface area contributed by atoms with Crippen LogP contribution in [-0.2, 0) is 4.79 Å². The van der Waals surface area contributed by atoms with Crippen LogP contribution in [-0.4, -0.2) is 54.3 Å². The van der Waals surface area contributed by atoms with E-state index in [4.69, 9.17) is 5.73 Å². The van der Waals surface area contributed by atoms with Crippen molar-refractivity contribution >= 4 is 51.5 Å². The van der Waals surface area contributed by atoms with Gasteiger partial charge in [-0.05, 0) is 39.9 Å². The fraction of sp³-hybridized carbons (Fsp3) is 0.600. The number of hydrogen-bond acceptors (Lipinski definition) is 4. The molecule has 0 radical (unpaired) electrons. The van der Waals surface area contributed by atoms with Gasteiger partial charge in [0, 0.05) is 26.2 Å². The molecular formula is C15H23BrClN3O2S. The summed E-state index contributed by atoms with van der Waals surface area (Å²) in [4.78, 5) is 28.6. The molecule has 2 N–H and O–H groups in total. The van der Waals surface area contributed by atoms with Gasteiger partial charge >= 0.3 is 0 Å². The predicted octanol–water partition coefficient (Wildman–Crippen LogP) is 2.59. The Bertz CT molecular complexity index is 579. The number of nitrogens with zero attached hydrogens (tertiary/aromatic N) is 2. The maximum Gasteiger partial charge on any atom is 0.264 e. The number of carbonyl (C=O) groups excluding carboxylic acids is 2. The lowest BCUT2D eigenvalue weighted by Crippen LogP contribution is -2.55. The lowest BCUT2D eigenvalue weighted by molar-refractivity contribution is -0.135. The van der Waals surface area contributed by atoms with E-state index in [-0.39, 0.29) is 42.2 Å². The smallest absolute Gasteiger partial charge is 0.264 e. The fourth-order valence-corrected chi connectivity index (χ4v) is 3.96. The number of likely N-dealkylation sites (tertiary alicyclic amines) is 1. The third-order valence-corrected chi connectivity index (χ3v) is 5.78. The molecule has 2 heterocycles. The molecule has 0 aliphatic carbocycles. The maximum absolute atomic E-state index is 12.4. The highest BCUT2D eigenvalue weighted by molar-refractivity contribution is 9.11. The van der Waals surface area contributed by atoms with Gasteiger partial charge < -0.3 is 15.5 Å². The topological polar surface area (TPSA) is 66.6 Å². The Morgan fingerprint density at radius 3 is 2.65 bits per heavy atom.